The van der Waals surface area contributed by atoms with Gasteiger partial charge in [-0.25, -0.2) is 9.67 Å². The number of aromatic nitrogens is 3. The molecule has 0 saturated carbocycles. The monoisotopic (exact) mass is 393 g/mol. The van der Waals surface area contributed by atoms with E-state index < -0.39 is 0 Å². The zero-order valence-electron chi connectivity index (χ0n) is 16.0. The standard InChI is InChI=1S/C22H24ClN5/c1-18-19(17-25-28(18)22-9-2-3-10-24-22)6-5-11-26-12-14-27(15-13-26)21-8-4-7-20(23)16-21/h2-10,16-17H,11-15H2,1H3/b6-5+. The zero-order valence-corrected chi connectivity index (χ0v) is 16.8. The number of benzene rings is 1. The molecule has 1 fully saturated rings. The molecule has 2 aromatic heterocycles. The van der Waals surface area contributed by atoms with Crippen molar-refractivity contribution in [1.29, 1.82) is 0 Å². The van der Waals surface area contributed by atoms with Gasteiger partial charge in [0.05, 0.1) is 11.9 Å². The molecule has 5 nitrogen and oxygen atoms in total. The predicted molar refractivity (Wildman–Crippen MR) is 115 cm³/mol. The highest BCUT2D eigenvalue weighted by Crippen LogP contribution is 2.21. The van der Waals surface area contributed by atoms with E-state index in [4.69, 9.17) is 11.6 Å². The summed E-state index contributed by atoms with van der Waals surface area (Å²) >= 11 is 6.12. The number of anilines is 1. The highest BCUT2D eigenvalue weighted by molar-refractivity contribution is 6.30. The van der Waals surface area contributed by atoms with Crippen LogP contribution in [0.15, 0.2) is 60.9 Å². The van der Waals surface area contributed by atoms with Gasteiger partial charge in [0.15, 0.2) is 5.82 Å². The molecule has 4 rings (SSSR count). The molecule has 0 radical (unpaired) electrons. The van der Waals surface area contributed by atoms with Gasteiger partial charge >= 0.3 is 0 Å². The average Bonchev–Trinajstić information content (AvgIpc) is 3.10. The normalized spacial score (nSPS) is 15.4. The maximum Gasteiger partial charge on any atom is 0.153 e. The van der Waals surface area contributed by atoms with E-state index in [9.17, 15) is 0 Å². The van der Waals surface area contributed by atoms with Gasteiger partial charge in [0.1, 0.15) is 0 Å². The summed E-state index contributed by atoms with van der Waals surface area (Å²) in [6, 6.07) is 14.0. The molecule has 144 valence electrons. The first kappa shape index (κ1) is 18.7. The highest BCUT2D eigenvalue weighted by Gasteiger charge is 2.16. The number of hydrogen-bond donors (Lipinski definition) is 0. The van der Waals surface area contributed by atoms with Crippen LogP contribution in [0, 0.1) is 6.92 Å². The lowest BCUT2D eigenvalue weighted by atomic mass is 10.2. The fraction of sp³-hybridized carbons (Fsp3) is 0.273. The molecule has 28 heavy (non-hydrogen) atoms. The molecule has 1 aliphatic rings. The van der Waals surface area contributed by atoms with E-state index in [2.05, 4.69) is 45.0 Å². The Balaban J connectivity index is 1.32. The Morgan fingerprint density at radius 2 is 1.93 bits per heavy atom. The largest absolute Gasteiger partial charge is 0.369 e. The lowest BCUT2D eigenvalue weighted by Gasteiger charge is -2.35. The van der Waals surface area contributed by atoms with Gasteiger partial charge in [-0.05, 0) is 37.3 Å². The summed E-state index contributed by atoms with van der Waals surface area (Å²) in [5.41, 5.74) is 3.43. The maximum atomic E-state index is 6.12. The van der Waals surface area contributed by atoms with Crippen molar-refractivity contribution in [3.8, 4) is 5.82 Å². The quantitative estimate of drug-likeness (QED) is 0.655. The molecule has 0 N–H and O–H groups in total. The van der Waals surface area contributed by atoms with Gasteiger partial charge < -0.3 is 4.90 Å². The number of hydrogen-bond acceptors (Lipinski definition) is 4. The van der Waals surface area contributed by atoms with E-state index in [1.807, 2.05) is 47.3 Å². The summed E-state index contributed by atoms with van der Waals surface area (Å²) in [5, 5.41) is 5.27. The minimum atomic E-state index is 0.796. The van der Waals surface area contributed by atoms with Crippen molar-refractivity contribution >= 4 is 23.4 Å². The number of rotatable bonds is 5. The highest BCUT2D eigenvalue weighted by atomic mass is 35.5. The molecule has 6 heteroatoms. The van der Waals surface area contributed by atoms with Gasteiger partial charge in [-0.2, -0.15) is 5.10 Å². The lowest BCUT2D eigenvalue weighted by molar-refractivity contribution is 0.284. The molecule has 1 saturated heterocycles. The van der Waals surface area contributed by atoms with Gasteiger partial charge in [-0.1, -0.05) is 35.9 Å². The predicted octanol–water partition coefficient (Wildman–Crippen LogP) is 4.06. The molecule has 1 aliphatic heterocycles. The first-order valence-electron chi connectivity index (χ1n) is 9.56. The van der Waals surface area contributed by atoms with E-state index in [0.29, 0.717) is 0 Å². The molecular weight excluding hydrogens is 370 g/mol. The van der Waals surface area contributed by atoms with Crippen LogP contribution in [0.4, 0.5) is 5.69 Å². The van der Waals surface area contributed by atoms with Gasteiger partial charge in [0.2, 0.25) is 0 Å². The molecule has 0 amide bonds. The van der Waals surface area contributed by atoms with Crippen LogP contribution in [-0.4, -0.2) is 52.4 Å². The van der Waals surface area contributed by atoms with E-state index in [1.54, 1.807) is 6.20 Å². The molecule has 0 aliphatic carbocycles. The molecule has 0 spiro atoms. The second-order valence-corrected chi connectivity index (χ2v) is 7.39. The topological polar surface area (TPSA) is 37.2 Å². The summed E-state index contributed by atoms with van der Waals surface area (Å²) in [6.07, 6.45) is 8.07. The Labute approximate surface area is 170 Å². The summed E-state index contributed by atoms with van der Waals surface area (Å²) in [7, 11) is 0. The van der Waals surface area contributed by atoms with Crippen molar-refractivity contribution in [2.45, 2.75) is 6.92 Å². The Kier molecular flexibility index (Phi) is 5.74. The van der Waals surface area contributed by atoms with Crippen molar-refractivity contribution in [3.05, 3.63) is 77.2 Å². The third-order valence-corrected chi connectivity index (χ3v) is 5.36. The summed E-state index contributed by atoms with van der Waals surface area (Å²) in [4.78, 5) is 9.23. The third kappa shape index (κ3) is 4.26. The smallest absolute Gasteiger partial charge is 0.153 e. The second kappa shape index (κ2) is 8.59. The minimum Gasteiger partial charge on any atom is -0.369 e. The van der Waals surface area contributed by atoms with Crippen LogP contribution in [0.2, 0.25) is 5.02 Å². The molecule has 3 heterocycles. The van der Waals surface area contributed by atoms with Crippen LogP contribution in [0.25, 0.3) is 11.9 Å². The average molecular weight is 394 g/mol. The van der Waals surface area contributed by atoms with Gasteiger partial charge in [0, 0.05) is 55.2 Å². The molecular formula is C22H24ClN5. The number of pyridine rings is 1. The minimum absolute atomic E-state index is 0.796. The van der Waals surface area contributed by atoms with E-state index in [1.165, 1.54) is 5.69 Å². The number of halogens is 1. The second-order valence-electron chi connectivity index (χ2n) is 6.95. The van der Waals surface area contributed by atoms with Crippen LogP contribution in [0.3, 0.4) is 0 Å². The lowest BCUT2D eigenvalue weighted by Crippen LogP contribution is -2.46. The third-order valence-electron chi connectivity index (χ3n) is 5.12. The summed E-state index contributed by atoms with van der Waals surface area (Å²) < 4.78 is 1.88. The number of piperazine rings is 1. The Hall–Kier alpha value is -2.63. The maximum absolute atomic E-state index is 6.12. The first-order chi connectivity index (χ1) is 13.7. The van der Waals surface area contributed by atoms with Gasteiger partial charge in [-0.3, -0.25) is 4.90 Å². The van der Waals surface area contributed by atoms with Crippen LogP contribution in [-0.2, 0) is 0 Å². The van der Waals surface area contributed by atoms with E-state index >= 15 is 0 Å². The SMILES string of the molecule is Cc1c(/C=C/CN2CCN(c3cccc(Cl)c3)CC2)cnn1-c1ccccn1. The molecule has 0 bridgehead atoms. The van der Waals surface area contributed by atoms with Gasteiger partial charge in [0.25, 0.3) is 0 Å². The van der Waals surface area contributed by atoms with Gasteiger partial charge in [-0.15, -0.1) is 0 Å². The fourth-order valence-corrected chi connectivity index (χ4v) is 3.67. The molecule has 0 atom stereocenters. The Bertz CT molecular complexity index is 943. The fourth-order valence-electron chi connectivity index (χ4n) is 3.49. The van der Waals surface area contributed by atoms with Crippen molar-refractivity contribution in [2.24, 2.45) is 0 Å². The van der Waals surface area contributed by atoms with E-state index in [-0.39, 0.29) is 0 Å². The molecule has 3 aromatic rings. The van der Waals surface area contributed by atoms with Crippen molar-refractivity contribution in [3.63, 3.8) is 0 Å². The Morgan fingerprint density at radius 3 is 2.68 bits per heavy atom. The molecule has 1 aromatic carbocycles. The van der Waals surface area contributed by atoms with Crippen LogP contribution >= 0.6 is 11.6 Å². The van der Waals surface area contributed by atoms with Crippen molar-refractivity contribution < 1.29 is 0 Å². The first-order valence-corrected chi connectivity index (χ1v) is 9.94. The van der Waals surface area contributed by atoms with Crippen molar-refractivity contribution in [1.82, 2.24) is 19.7 Å². The number of nitrogens with zero attached hydrogens (tertiary/aromatic N) is 5. The zero-order chi connectivity index (χ0) is 19.3. The van der Waals surface area contributed by atoms with Crippen LogP contribution in [0.1, 0.15) is 11.3 Å². The summed E-state index contributed by atoms with van der Waals surface area (Å²) in [6.45, 7) is 7.14. The van der Waals surface area contributed by atoms with Crippen LogP contribution < -0.4 is 4.90 Å². The Morgan fingerprint density at radius 1 is 1.07 bits per heavy atom. The molecule has 0 unspecified atom stereocenters. The van der Waals surface area contributed by atoms with Crippen LogP contribution in [0.5, 0.6) is 0 Å². The van der Waals surface area contributed by atoms with E-state index in [0.717, 1.165) is 54.8 Å². The van der Waals surface area contributed by atoms with Crippen molar-refractivity contribution in [2.75, 3.05) is 37.6 Å². The summed E-state index contributed by atoms with van der Waals surface area (Å²) in [5.74, 6) is 0.844.